The van der Waals surface area contributed by atoms with Gasteiger partial charge in [0.25, 0.3) is 0 Å². The molecule has 3 aliphatic rings. The molecule has 0 amide bonds. The van der Waals surface area contributed by atoms with Crippen LogP contribution in [0.4, 0.5) is 0 Å². The smallest absolute Gasteiger partial charge is 0.384 e. The molecule has 0 radical (unpaired) electrons. The minimum Gasteiger partial charge on any atom is -0.384 e. The van der Waals surface area contributed by atoms with Crippen LogP contribution in [0.3, 0.4) is 0 Å². The summed E-state index contributed by atoms with van der Waals surface area (Å²) in [5.74, 6) is 2.58. The topological polar surface area (TPSA) is 85.7 Å². The van der Waals surface area contributed by atoms with Crippen LogP contribution in [0, 0.1) is 34.5 Å². The van der Waals surface area contributed by atoms with Crippen molar-refractivity contribution in [1.82, 2.24) is 4.98 Å². The van der Waals surface area contributed by atoms with Crippen LogP contribution in [0.5, 0.6) is 0 Å². The second kappa shape index (κ2) is 9.86. The number of aromatic nitrogens is 1. The lowest BCUT2D eigenvalue weighted by molar-refractivity contribution is -0.132. The van der Waals surface area contributed by atoms with Crippen molar-refractivity contribution in [2.75, 3.05) is 13.7 Å². The van der Waals surface area contributed by atoms with E-state index < -0.39 is 10.4 Å². The van der Waals surface area contributed by atoms with Gasteiger partial charge in [-0.2, -0.15) is 8.42 Å². The predicted octanol–water partition coefficient (Wildman–Crippen LogP) is 5.17. The molecule has 7 atom stereocenters. The standard InChI is InChI=1S/C19H34O5S.C5H5N/c1-13-16-6-5-14-11-15(24-25(20,21)22)7-10-19(14,3)17(16)8-9-18(13,2)12-23-4;1-2-4-6-5-3-1/h13-17H,5-12H2,1-4H3,(H,20,21,22);1-5H/t13-,14+,15+,16-,17-,18+,19-;/m0./s1. The molecule has 31 heavy (non-hydrogen) atoms. The Kier molecular flexibility index (Phi) is 7.83. The number of hydrogen-bond donors (Lipinski definition) is 1. The summed E-state index contributed by atoms with van der Waals surface area (Å²) >= 11 is 0. The molecule has 3 aliphatic carbocycles. The number of pyridine rings is 1. The molecule has 0 aliphatic heterocycles. The van der Waals surface area contributed by atoms with E-state index in [1.807, 2.05) is 18.2 Å². The Morgan fingerprint density at radius 3 is 2.32 bits per heavy atom. The third-order valence-electron chi connectivity index (χ3n) is 8.76. The van der Waals surface area contributed by atoms with Gasteiger partial charge in [-0.1, -0.05) is 26.8 Å². The molecular formula is C24H39NO5S. The summed E-state index contributed by atoms with van der Waals surface area (Å²) < 4.78 is 41.6. The highest BCUT2D eigenvalue weighted by molar-refractivity contribution is 7.80. The first kappa shape index (κ1) is 24.6. The van der Waals surface area contributed by atoms with E-state index in [0.717, 1.165) is 38.2 Å². The van der Waals surface area contributed by atoms with Crippen LogP contribution in [0.1, 0.15) is 65.7 Å². The number of ether oxygens (including phenoxy) is 1. The SMILES string of the molecule is COC[C@@]1(C)CC[C@H]2[C@@H](CC[C@@H]3C[C@H](OS(=O)(=O)O)CC[C@@]32C)[C@@H]1C.c1ccncc1. The number of nitrogens with zero attached hydrogens (tertiary/aromatic N) is 1. The molecule has 1 heterocycles. The predicted molar refractivity (Wildman–Crippen MR) is 121 cm³/mol. The molecule has 6 nitrogen and oxygen atoms in total. The molecule has 1 aromatic rings. The minimum atomic E-state index is -4.35. The zero-order chi connectivity index (χ0) is 22.7. The summed E-state index contributed by atoms with van der Waals surface area (Å²) in [7, 11) is -2.54. The molecule has 0 unspecified atom stereocenters. The Morgan fingerprint density at radius 1 is 1.06 bits per heavy atom. The molecule has 0 saturated heterocycles. The molecule has 0 aromatic carbocycles. The average Bonchev–Trinajstić information content (AvgIpc) is 2.72. The van der Waals surface area contributed by atoms with E-state index in [-0.39, 0.29) is 16.9 Å². The largest absolute Gasteiger partial charge is 0.397 e. The molecule has 0 bridgehead atoms. The summed E-state index contributed by atoms with van der Waals surface area (Å²) in [6.07, 6.45) is 10.4. The van der Waals surface area contributed by atoms with E-state index in [1.54, 1.807) is 19.5 Å². The fourth-order valence-corrected chi connectivity index (χ4v) is 7.40. The highest BCUT2D eigenvalue weighted by Gasteiger charge is 2.56. The highest BCUT2D eigenvalue weighted by Crippen LogP contribution is 2.63. The van der Waals surface area contributed by atoms with Gasteiger partial charge in [0.05, 0.1) is 12.7 Å². The quantitative estimate of drug-likeness (QED) is 0.633. The van der Waals surface area contributed by atoms with Crippen molar-refractivity contribution >= 4 is 10.4 Å². The zero-order valence-electron chi connectivity index (χ0n) is 19.4. The number of rotatable bonds is 4. The van der Waals surface area contributed by atoms with E-state index in [9.17, 15) is 8.42 Å². The molecular weight excluding hydrogens is 414 g/mol. The fraction of sp³-hybridized carbons (Fsp3) is 0.792. The lowest BCUT2D eigenvalue weighted by atomic mass is 9.45. The number of hydrogen-bond acceptors (Lipinski definition) is 5. The van der Waals surface area contributed by atoms with Crippen LogP contribution in [0.15, 0.2) is 30.6 Å². The summed E-state index contributed by atoms with van der Waals surface area (Å²) in [6, 6.07) is 5.72. The van der Waals surface area contributed by atoms with Gasteiger partial charge in [-0.25, -0.2) is 4.18 Å². The van der Waals surface area contributed by atoms with Gasteiger partial charge in [-0.3, -0.25) is 9.54 Å². The van der Waals surface area contributed by atoms with Crippen molar-refractivity contribution < 1.29 is 21.9 Å². The first-order valence-corrected chi connectivity index (χ1v) is 13.0. The summed E-state index contributed by atoms with van der Waals surface area (Å²) in [5.41, 5.74) is 0.537. The third-order valence-corrected chi connectivity index (χ3v) is 9.28. The highest BCUT2D eigenvalue weighted by atomic mass is 32.3. The zero-order valence-corrected chi connectivity index (χ0v) is 20.2. The van der Waals surface area contributed by atoms with Crippen molar-refractivity contribution in [2.24, 2.45) is 34.5 Å². The second-order valence-electron chi connectivity index (χ2n) is 10.4. The maximum Gasteiger partial charge on any atom is 0.397 e. The van der Waals surface area contributed by atoms with Crippen LogP contribution in [-0.4, -0.2) is 37.8 Å². The Bertz CT molecular complexity index is 777. The lowest BCUT2D eigenvalue weighted by Crippen LogP contribution is -2.54. The first-order chi connectivity index (χ1) is 14.6. The fourth-order valence-electron chi connectivity index (χ4n) is 6.88. The first-order valence-electron chi connectivity index (χ1n) is 11.6. The van der Waals surface area contributed by atoms with Crippen LogP contribution in [-0.2, 0) is 19.3 Å². The second-order valence-corrected chi connectivity index (χ2v) is 11.5. The van der Waals surface area contributed by atoms with Crippen molar-refractivity contribution in [1.29, 1.82) is 0 Å². The molecule has 176 valence electrons. The van der Waals surface area contributed by atoms with Gasteiger partial charge >= 0.3 is 10.4 Å². The molecule has 0 spiro atoms. The Balaban J connectivity index is 0.000000391. The monoisotopic (exact) mass is 453 g/mol. The van der Waals surface area contributed by atoms with Gasteiger partial charge in [0.2, 0.25) is 0 Å². The number of methoxy groups -OCH3 is 1. The maximum atomic E-state index is 11.1. The average molecular weight is 454 g/mol. The van der Waals surface area contributed by atoms with Gasteiger partial charge < -0.3 is 4.74 Å². The third kappa shape index (κ3) is 5.67. The minimum absolute atomic E-state index is 0.268. The Morgan fingerprint density at radius 2 is 1.77 bits per heavy atom. The van der Waals surface area contributed by atoms with Crippen LogP contribution in [0.25, 0.3) is 0 Å². The van der Waals surface area contributed by atoms with Gasteiger partial charge in [0, 0.05) is 19.5 Å². The van der Waals surface area contributed by atoms with Crippen molar-refractivity contribution in [2.45, 2.75) is 71.8 Å². The van der Waals surface area contributed by atoms with E-state index in [2.05, 4.69) is 25.8 Å². The van der Waals surface area contributed by atoms with Gasteiger partial charge in [-0.05, 0) is 91.6 Å². The Labute approximate surface area is 188 Å². The normalized spacial score (nSPS) is 40.1. The van der Waals surface area contributed by atoms with Crippen molar-refractivity contribution in [3.63, 3.8) is 0 Å². The van der Waals surface area contributed by atoms with Crippen LogP contribution >= 0.6 is 0 Å². The van der Waals surface area contributed by atoms with Gasteiger partial charge in [0.1, 0.15) is 0 Å². The van der Waals surface area contributed by atoms with E-state index >= 15 is 0 Å². The molecule has 1 N–H and O–H groups in total. The number of fused-ring (bicyclic) bond motifs is 3. The van der Waals surface area contributed by atoms with Gasteiger partial charge in [0.15, 0.2) is 0 Å². The van der Waals surface area contributed by atoms with Crippen molar-refractivity contribution in [3.8, 4) is 0 Å². The molecule has 7 heteroatoms. The van der Waals surface area contributed by atoms with Crippen molar-refractivity contribution in [3.05, 3.63) is 30.6 Å². The van der Waals surface area contributed by atoms with Gasteiger partial charge in [-0.15, -0.1) is 0 Å². The summed E-state index contributed by atoms with van der Waals surface area (Å²) in [6.45, 7) is 8.04. The van der Waals surface area contributed by atoms with Crippen LogP contribution < -0.4 is 0 Å². The molecule has 1 aromatic heterocycles. The Hall–Kier alpha value is -1.02. The summed E-state index contributed by atoms with van der Waals surface area (Å²) in [5, 5.41) is 0. The summed E-state index contributed by atoms with van der Waals surface area (Å²) in [4.78, 5) is 3.78. The van der Waals surface area contributed by atoms with E-state index in [1.165, 1.54) is 19.3 Å². The molecule has 4 rings (SSSR count). The van der Waals surface area contributed by atoms with Crippen LogP contribution in [0.2, 0.25) is 0 Å². The van der Waals surface area contributed by atoms with E-state index in [0.29, 0.717) is 17.8 Å². The molecule has 3 saturated carbocycles. The van der Waals surface area contributed by atoms with E-state index in [4.69, 9.17) is 13.5 Å². The molecule has 3 fully saturated rings. The lowest BCUT2D eigenvalue weighted by Gasteiger charge is -2.61. The maximum absolute atomic E-state index is 11.1.